The Kier molecular flexibility index (Phi) is 6.73. The molecule has 1 N–H and O–H groups in total. The largest absolute Gasteiger partial charge is 1.00 e. The van der Waals surface area contributed by atoms with E-state index in [1.54, 1.807) is 12.1 Å². The Morgan fingerprint density at radius 2 is 1.59 bits per heavy atom. The summed E-state index contributed by atoms with van der Waals surface area (Å²) in [5.41, 5.74) is -0.177. The minimum absolute atomic E-state index is 0. The molecule has 2 aromatic carbocycles. The van der Waals surface area contributed by atoms with Crippen molar-refractivity contribution in [2.45, 2.75) is 4.90 Å². The van der Waals surface area contributed by atoms with Gasteiger partial charge in [-0.3, -0.25) is 4.79 Å². The number of hydrogen-bond donors (Lipinski definition) is 1. The Balaban J connectivity index is 0.00000242. The first-order valence-corrected chi connectivity index (χ1v) is 7.28. The predicted molar refractivity (Wildman–Crippen MR) is 72.0 cm³/mol. The Hall–Kier alpha value is -1.22. The molecule has 0 aliphatic carbocycles. The monoisotopic (exact) mass is 330 g/mol. The van der Waals surface area contributed by atoms with Crippen LogP contribution in [-0.4, -0.2) is 30.7 Å². The number of aliphatic hydroxyl groups excluding tert-OH is 1. The van der Waals surface area contributed by atoms with E-state index < -0.39 is 27.6 Å². The molecule has 0 spiro atoms. The maximum absolute atomic E-state index is 12.4. The summed E-state index contributed by atoms with van der Waals surface area (Å²) in [6.45, 7) is -0.633. The fraction of sp³-hybridized carbons (Fsp3) is 0.0714. The maximum Gasteiger partial charge on any atom is 1.00 e. The van der Waals surface area contributed by atoms with Crippen LogP contribution in [0.25, 0.3) is 0 Å². The molecule has 2 aromatic rings. The summed E-state index contributed by atoms with van der Waals surface area (Å²) in [4.78, 5) is 11.9. The second kappa shape index (κ2) is 7.87. The van der Waals surface area contributed by atoms with Gasteiger partial charge in [0.15, 0.2) is 12.6 Å². The van der Waals surface area contributed by atoms with Crippen LogP contribution in [0.1, 0.15) is 15.9 Å². The van der Waals surface area contributed by atoms with Crippen LogP contribution < -0.4 is 34.3 Å². The third-order valence-electron chi connectivity index (χ3n) is 2.75. The normalized spacial score (nSPS) is 10.6. The molecule has 0 atom stereocenters. The molecule has 0 saturated heterocycles. The zero-order chi connectivity index (χ0) is 15.5. The van der Waals surface area contributed by atoms with Crippen molar-refractivity contribution in [1.29, 1.82) is 0 Å². The number of benzene rings is 2. The van der Waals surface area contributed by atoms with E-state index in [2.05, 4.69) is 0 Å². The van der Waals surface area contributed by atoms with Gasteiger partial charge < -0.3 is 14.4 Å². The minimum Gasteiger partial charge on any atom is -0.744 e. The smallest absolute Gasteiger partial charge is 0.744 e. The van der Waals surface area contributed by atoms with Gasteiger partial charge in [0.25, 0.3) is 0 Å². The van der Waals surface area contributed by atoms with Gasteiger partial charge in [-0.05, 0) is 24.3 Å². The van der Waals surface area contributed by atoms with Crippen molar-refractivity contribution in [3.8, 4) is 5.75 Å². The van der Waals surface area contributed by atoms with Crippen molar-refractivity contribution in [2.24, 2.45) is 0 Å². The molecule has 0 radical (unpaired) electrons. The average Bonchev–Trinajstić information content (AvgIpc) is 2.46. The third-order valence-corrected chi connectivity index (χ3v) is 3.65. The van der Waals surface area contributed by atoms with E-state index >= 15 is 0 Å². The standard InChI is InChI=1S/C14H12O6S.Na/c15-9-20-12-7-3-1-5-10(12)14(16)11-6-2-4-8-13(11)21(17,18)19;/h1-8,15H,9H2,(H,17,18,19);/q;+1/p-1. The van der Waals surface area contributed by atoms with E-state index in [1.807, 2.05) is 0 Å². The van der Waals surface area contributed by atoms with Gasteiger partial charge in [0.1, 0.15) is 15.9 Å². The molecule has 6 nitrogen and oxygen atoms in total. The Morgan fingerprint density at radius 1 is 1.05 bits per heavy atom. The Bertz CT molecular complexity index is 772. The van der Waals surface area contributed by atoms with Crippen LogP contribution >= 0.6 is 0 Å². The van der Waals surface area contributed by atoms with Crippen LogP contribution in [-0.2, 0) is 10.1 Å². The second-order valence-electron chi connectivity index (χ2n) is 4.05. The van der Waals surface area contributed by atoms with Crippen LogP contribution in [0.3, 0.4) is 0 Å². The zero-order valence-corrected chi connectivity index (χ0v) is 14.5. The van der Waals surface area contributed by atoms with Crippen LogP contribution in [0, 0.1) is 0 Å². The summed E-state index contributed by atoms with van der Waals surface area (Å²) < 4.78 is 38.6. The SMILES string of the molecule is O=C(c1ccccc1OCO)c1ccccc1S(=O)(=O)[O-].[Na+]. The van der Waals surface area contributed by atoms with E-state index in [9.17, 15) is 17.8 Å². The molecule has 0 aliphatic heterocycles. The van der Waals surface area contributed by atoms with Crippen LogP contribution in [0.5, 0.6) is 5.75 Å². The number of carbonyl (C=O) groups excluding carboxylic acids is 1. The van der Waals surface area contributed by atoms with Gasteiger partial charge in [-0.1, -0.05) is 24.3 Å². The van der Waals surface area contributed by atoms with Gasteiger partial charge in [-0.15, -0.1) is 0 Å². The van der Waals surface area contributed by atoms with Crippen molar-refractivity contribution in [1.82, 2.24) is 0 Å². The quantitative estimate of drug-likeness (QED) is 0.299. The number of rotatable bonds is 5. The van der Waals surface area contributed by atoms with Gasteiger partial charge in [-0.25, -0.2) is 8.42 Å². The summed E-state index contributed by atoms with van der Waals surface area (Å²) in [6, 6.07) is 11.2. The number of ether oxygens (including phenoxy) is 1. The summed E-state index contributed by atoms with van der Waals surface area (Å²) in [5, 5.41) is 8.80. The van der Waals surface area contributed by atoms with Crippen molar-refractivity contribution in [3.63, 3.8) is 0 Å². The fourth-order valence-electron chi connectivity index (χ4n) is 1.87. The van der Waals surface area contributed by atoms with Crippen LogP contribution in [0.15, 0.2) is 53.4 Å². The van der Waals surface area contributed by atoms with E-state index in [0.29, 0.717) is 0 Å². The maximum atomic E-state index is 12.4. The zero-order valence-electron chi connectivity index (χ0n) is 11.7. The van der Waals surface area contributed by atoms with Gasteiger partial charge in [0, 0.05) is 5.56 Å². The molecule has 0 aliphatic rings. The topological polar surface area (TPSA) is 104 Å². The molecular weight excluding hydrogens is 319 g/mol. The molecule has 0 amide bonds. The third kappa shape index (κ3) is 4.16. The number of aliphatic hydroxyl groups is 1. The number of ketones is 1. The van der Waals surface area contributed by atoms with Crippen molar-refractivity contribution >= 4 is 15.9 Å². The van der Waals surface area contributed by atoms with Crippen LogP contribution in [0.2, 0.25) is 0 Å². The number of carbonyl (C=O) groups is 1. The van der Waals surface area contributed by atoms with E-state index in [0.717, 1.165) is 6.07 Å². The molecule has 0 heterocycles. The number of para-hydroxylation sites is 1. The van der Waals surface area contributed by atoms with Crippen molar-refractivity contribution in [2.75, 3.05) is 6.79 Å². The number of hydrogen-bond acceptors (Lipinski definition) is 6. The summed E-state index contributed by atoms with van der Waals surface area (Å²) >= 11 is 0. The molecular formula is C14H11NaO6S. The summed E-state index contributed by atoms with van der Waals surface area (Å²) in [7, 11) is -4.77. The first-order valence-electron chi connectivity index (χ1n) is 5.87. The van der Waals surface area contributed by atoms with Gasteiger partial charge >= 0.3 is 29.6 Å². The second-order valence-corrected chi connectivity index (χ2v) is 5.40. The van der Waals surface area contributed by atoms with Crippen molar-refractivity contribution in [3.05, 3.63) is 59.7 Å². The molecule has 8 heteroatoms. The first kappa shape index (κ1) is 18.8. The molecule has 0 fully saturated rings. The van der Waals surface area contributed by atoms with Gasteiger partial charge in [0.05, 0.1) is 10.5 Å². The molecule has 110 valence electrons. The fourth-order valence-corrected chi connectivity index (χ4v) is 2.54. The molecule has 0 saturated carbocycles. The van der Waals surface area contributed by atoms with Gasteiger partial charge in [0.2, 0.25) is 0 Å². The average molecular weight is 330 g/mol. The molecule has 2 rings (SSSR count). The molecule has 0 unspecified atom stereocenters. The minimum atomic E-state index is -4.77. The summed E-state index contributed by atoms with van der Waals surface area (Å²) in [6.07, 6.45) is 0. The Morgan fingerprint density at radius 3 is 2.18 bits per heavy atom. The Labute approximate surface area is 149 Å². The predicted octanol–water partition coefficient (Wildman–Crippen LogP) is -1.85. The first-order chi connectivity index (χ1) is 9.95. The molecule has 0 bridgehead atoms. The van der Waals surface area contributed by atoms with Crippen molar-refractivity contribution < 1.29 is 57.2 Å². The van der Waals surface area contributed by atoms with Gasteiger partial charge in [-0.2, -0.15) is 0 Å². The van der Waals surface area contributed by atoms with E-state index in [4.69, 9.17) is 9.84 Å². The van der Waals surface area contributed by atoms with E-state index in [1.165, 1.54) is 30.3 Å². The molecule has 22 heavy (non-hydrogen) atoms. The molecule has 0 aromatic heterocycles. The summed E-state index contributed by atoms with van der Waals surface area (Å²) in [5.74, 6) is -0.572. The van der Waals surface area contributed by atoms with Crippen LogP contribution in [0.4, 0.5) is 0 Å². The van der Waals surface area contributed by atoms with E-state index in [-0.39, 0.29) is 46.4 Å².